The summed E-state index contributed by atoms with van der Waals surface area (Å²) < 4.78 is 0. The first-order chi connectivity index (χ1) is 10.1. The van der Waals surface area contributed by atoms with E-state index in [-0.39, 0.29) is 25.7 Å². The van der Waals surface area contributed by atoms with E-state index >= 15 is 0 Å². The van der Waals surface area contributed by atoms with Gasteiger partial charge >= 0.3 is 23.9 Å². The zero-order valence-electron chi connectivity index (χ0n) is 12.4. The number of aliphatic carboxylic acids is 4. The maximum Gasteiger partial charge on any atom is 0.311 e. The third-order valence-corrected chi connectivity index (χ3v) is 4.78. The molecule has 22 heavy (non-hydrogen) atoms. The quantitative estimate of drug-likeness (QED) is 0.520. The minimum atomic E-state index is -2.11. The van der Waals surface area contributed by atoms with Crippen molar-refractivity contribution in [1.29, 1.82) is 0 Å². The number of carbonyl (C=O) groups is 4. The van der Waals surface area contributed by atoms with Crippen molar-refractivity contribution in [2.45, 2.75) is 39.5 Å². The monoisotopic (exact) mass is 316 g/mol. The van der Waals surface area contributed by atoms with Crippen LogP contribution in [0.4, 0.5) is 0 Å². The summed E-state index contributed by atoms with van der Waals surface area (Å²) in [6.45, 7) is 3.21. The topological polar surface area (TPSA) is 149 Å². The fraction of sp³-hybridized carbons (Fsp3) is 0.714. The number of hydrogen-bond acceptors (Lipinski definition) is 4. The van der Waals surface area contributed by atoms with Crippen LogP contribution in [0.1, 0.15) is 39.5 Å². The van der Waals surface area contributed by atoms with Crippen molar-refractivity contribution in [3.8, 4) is 0 Å². The molecule has 8 nitrogen and oxygen atoms in total. The lowest BCUT2D eigenvalue weighted by Gasteiger charge is -2.61. The van der Waals surface area contributed by atoms with Crippen LogP contribution in [-0.4, -0.2) is 44.3 Å². The molecule has 0 aromatic heterocycles. The lowest BCUT2D eigenvalue weighted by molar-refractivity contribution is -0.244. The summed E-state index contributed by atoms with van der Waals surface area (Å²) in [5.41, 5.74) is -4.23. The molecule has 0 bridgehead atoms. The Labute approximate surface area is 126 Å². The van der Waals surface area contributed by atoms with E-state index in [1.165, 1.54) is 0 Å². The molecule has 0 spiro atoms. The van der Waals surface area contributed by atoms with Crippen LogP contribution in [0, 0.1) is 22.7 Å². The lowest BCUT2D eigenvalue weighted by Crippen LogP contribution is -2.75. The van der Waals surface area contributed by atoms with Crippen molar-refractivity contribution in [2.75, 3.05) is 0 Å². The van der Waals surface area contributed by atoms with Gasteiger partial charge in [-0.05, 0) is 12.8 Å². The molecule has 4 N–H and O–H groups in total. The molecule has 124 valence electrons. The van der Waals surface area contributed by atoms with E-state index < -0.39 is 46.5 Å². The van der Waals surface area contributed by atoms with Crippen molar-refractivity contribution in [3.63, 3.8) is 0 Å². The summed E-state index contributed by atoms with van der Waals surface area (Å²) in [6.07, 6.45) is 0.0765. The van der Waals surface area contributed by atoms with E-state index in [4.69, 9.17) is 0 Å². The zero-order chi connectivity index (χ0) is 17.3. The van der Waals surface area contributed by atoms with Crippen LogP contribution < -0.4 is 0 Å². The number of rotatable bonds is 8. The Morgan fingerprint density at radius 1 is 0.727 bits per heavy atom. The molecular weight excluding hydrogens is 296 g/mol. The van der Waals surface area contributed by atoms with Crippen molar-refractivity contribution in [2.24, 2.45) is 22.7 Å². The van der Waals surface area contributed by atoms with Gasteiger partial charge in [0.15, 0.2) is 0 Å². The highest BCUT2D eigenvalue weighted by Gasteiger charge is 2.82. The average Bonchev–Trinajstić information content (AvgIpc) is 2.37. The predicted octanol–water partition coefficient (Wildman–Crippen LogP) is 1.14. The van der Waals surface area contributed by atoms with Crippen molar-refractivity contribution in [3.05, 3.63) is 0 Å². The fourth-order valence-corrected chi connectivity index (χ4v) is 4.14. The molecule has 0 aliphatic heterocycles. The van der Waals surface area contributed by atoms with E-state index in [2.05, 4.69) is 0 Å². The highest BCUT2D eigenvalue weighted by Crippen LogP contribution is 2.69. The molecule has 0 aromatic rings. The molecule has 0 heterocycles. The second-order valence-electron chi connectivity index (χ2n) is 5.68. The summed E-state index contributed by atoms with van der Waals surface area (Å²) in [7, 11) is 0. The van der Waals surface area contributed by atoms with Gasteiger partial charge in [-0.25, -0.2) is 0 Å². The Kier molecular flexibility index (Phi) is 4.84. The standard InChI is InChI=1S/C14H20O8/c1-3-5-13(11(19)20)7(9(15)16)8(10(17)18)14(13,6-4-2)12(21)22/h7-8H,3-6H2,1-2H3,(H,15,16)(H,17,18)(H,19,20)(H,21,22). The zero-order valence-corrected chi connectivity index (χ0v) is 12.4. The Morgan fingerprint density at radius 3 is 1.14 bits per heavy atom. The molecule has 1 saturated carbocycles. The van der Waals surface area contributed by atoms with Gasteiger partial charge in [-0.1, -0.05) is 26.7 Å². The maximum absolute atomic E-state index is 11.9. The normalized spacial score (nSPS) is 33.7. The van der Waals surface area contributed by atoms with E-state index in [0.29, 0.717) is 0 Å². The third-order valence-electron chi connectivity index (χ3n) is 4.78. The molecule has 1 fully saturated rings. The molecule has 0 amide bonds. The van der Waals surface area contributed by atoms with Gasteiger partial charge < -0.3 is 20.4 Å². The summed E-state index contributed by atoms with van der Waals surface area (Å²) in [4.78, 5) is 46.7. The molecule has 4 unspecified atom stereocenters. The summed E-state index contributed by atoms with van der Waals surface area (Å²) in [6, 6.07) is 0. The molecule has 0 radical (unpaired) electrons. The molecule has 4 atom stereocenters. The van der Waals surface area contributed by atoms with Gasteiger partial charge in [-0.2, -0.15) is 0 Å². The first-order valence-corrected chi connectivity index (χ1v) is 7.07. The van der Waals surface area contributed by atoms with Gasteiger partial charge in [0.2, 0.25) is 0 Å². The van der Waals surface area contributed by atoms with E-state index in [1.54, 1.807) is 13.8 Å². The molecule has 0 aromatic carbocycles. The first kappa shape index (κ1) is 17.9. The first-order valence-electron chi connectivity index (χ1n) is 7.07. The number of hydrogen-bond donors (Lipinski definition) is 4. The van der Waals surface area contributed by atoms with Crippen molar-refractivity contribution >= 4 is 23.9 Å². The van der Waals surface area contributed by atoms with Gasteiger partial charge in [0.1, 0.15) is 0 Å². The molecule has 1 aliphatic carbocycles. The Bertz CT molecular complexity index is 467. The minimum absolute atomic E-state index is 0.199. The van der Waals surface area contributed by atoms with Gasteiger partial charge in [0.25, 0.3) is 0 Å². The predicted molar refractivity (Wildman–Crippen MR) is 72.2 cm³/mol. The van der Waals surface area contributed by atoms with Crippen LogP contribution in [0.2, 0.25) is 0 Å². The Hall–Kier alpha value is -2.12. The van der Waals surface area contributed by atoms with Gasteiger partial charge in [-0.15, -0.1) is 0 Å². The highest BCUT2D eigenvalue weighted by molar-refractivity contribution is 6.01. The summed E-state index contributed by atoms with van der Waals surface area (Å²) >= 11 is 0. The average molecular weight is 316 g/mol. The molecule has 8 heteroatoms. The van der Waals surface area contributed by atoms with Crippen LogP contribution in [0.5, 0.6) is 0 Å². The molecule has 0 saturated heterocycles. The summed E-state index contributed by atoms with van der Waals surface area (Å²) in [5.74, 6) is -9.81. The molecule has 1 aliphatic rings. The molecule has 1 rings (SSSR count). The molecular formula is C14H20O8. The van der Waals surface area contributed by atoms with Crippen molar-refractivity contribution in [1.82, 2.24) is 0 Å². The van der Waals surface area contributed by atoms with Crippen LogP contribution in [0.25, 0.3) is 0 Å². The van der Waals surface area contributed by atoms with Gasteiger partial charge in [-0.3, -0.25) is 19.2 Å². The maximum atomic E-state index is 11.9. The van der Waals surface area contributed by atoms with Gasteiger partial charge in [0.05, 0.1) is 22.7 Å². The van der Waals surface area contributed by atoms with Crippen LogP contribution >= 0.6 is 0 Å². The van der Waals surface area contributed by atoms with Crippen LogP contribution in [0.3, 0.4) is 0 Å². The Balaban J connectivity index is 3.69. The lowest BCUT2D eigenvalue weighted by atomic mass is 9.35. The summed E-state index contributed by atoms with van der Waals surface area (Å²) in [5, 5.41) is 37.9. The largest absolute Gasteiger partial charge is 0.481 e. The number of carboxylic acids is 4. The van der Waals surface area contributed by atoms with Gasteiger partial charge in [0, 0.05) is 0 Å². The van der Waals surface area contributed by atoms with E-state index in [9.17, 15) is 39.6 Å². The fourth-order valence-electron chi connectivity index (χ4n) is 4.14. The van der Waals surface area contributed by atoms with Crippen molar-refractivity contribution < 1.29 is 39.6 Å². The second-order valence-corrected chi connectivity index (χ2v) is 5.68. The highest BCUT2D eigenvalue weighted by atomic mass is 16.4. The second kappa shape index (κ2) is 5.94. The van der Waals surface area contributed by atoms with E-state index in [1.807, 2.05) is 0 Å². The smallest absolute Gasteiger partial charge is 0.311 e. The number of carboxylic acid groups (broad SMARTS) is 4. The van der Waals surface area contributed by atoms with Crippen LogP contribution in [0.15, 0.2) is 0 Å². The SMILES string of the molecule is CCCC1(C(=O)O)C(C(=O)O)C(C(=O)O)C1(CCC)C(=O)O. The van der Waals surface area contributed by atoms with Crippen LogP contribution in [-0.2, 0) is 19.2 Å². The third kappa shape index (κ3) is 1.97. The Morgan fingerprint density at radius 2 is 1.00 bits per heavy atom. The minimum Gasteiger partial charge on any atom is -0.481 e. The van der Waals surface area contributed by atoms with E-state index in [0.717, 1.165) is 0 Å².